The maximum atomic E-state index is 12.9. The van der Waals surface area contributed by atoms with Crippen molar-refractivity contribution in [3.63, 3.8) is 0 Å². The predicted octanol–water partition coefficient (Wildman–Crippen LogP) is 0.309. The zero-order chi connectivity index (χ0) is 9.14. The lowest BCUT2D eigenvalue weighted by atomic mass is 9.93. The molecule has 1 N–H and O–H groups in total. The molecule has 0 amide bonds. The maximum absolute atomic E-state index is 12.9. The van der Waals surface area contributed by atoms with Crippen LogP contribution in [0.1, 0.15) is 13.3 Å². The lowest BCUT2D eigenvalue weighted by Crippen LogP contribution is -2.34. The maximum Gasteiger partial charge on any atom is 0.163 e. The Morgan fingerprint density at radius 2 is 2.42 bits per heavy atom. The van der Waals surface area contributed by atoms with Crippen LogP contribution < -0.4 is 0 Å². The van der Waals surface area contributed by atoms with Crippen LogP contribution >= 0.6 is 0 Å². The number of epoxide rings is 1. The van der Waals surface area contributed by atoms with Crippen LogP contribution in [0.15, 0.2) is 0 Å². The van der Waals surface area contributed by atoms with Crippen LogP contribution in [0.4, 0.5) is 4.39 Å². The SMILES string of the molecule is CC[C@H](O)[C@@H](C(F)C=O)C1CO1. The van der Waals surface area contributed by atoms with Crippen molar-refractivity contribution in [2.75, 3.05) is 6.61 Å². The van der Waals surface area contributed by atoms with E-state index in [0.29, 0.717) is 13.0 Å². The molecular formula is C8H13FO3. The second kappa shape index (κ2) is 3.96. The van der Waals surface area contributed by atoms with E-state index in [0.717, 1.165) is 0 Å². The van der Waals surface area contributed by atoms with Gasteiger partial charge in [0, 0.05) is 0 Å². The van der Waals surface area contributed by atoms with Gasteiger partial charge in [-0.25, -0.2) is 4.39 Å². The highest BCUT2D eigenvalue weighted by Crippen LogP contribution is 2.28. The number of carbonyl (C=O) groups excluding carboxylic acids is 1. The van der Waals surface area contributed by atoms with Gasteiger partial charge in [0.05, 0.1) is 24.7 Å². The van der Waals surface area contributed by atoms with Crippen molar-refractivity contribution in [2.24, 2.45) is 5.92 Å². The highest BCUT2D eigenvalue weighted by atomic mass is 19.1. The molecule has 0 aromatic rings. The standard InChI is InChI=1S/C8H13FO3/c1-2-6(11)8(5(9)3-10)7-4-12-7/h3,5-8,11H,2,4H2,1H3/t5?,6-,7?,8+/m0/s1. The number of carbonyl (C=O) groups is 1. The molecule has 0 spiro atoms. The summed E-state index contributed by atoms with van der Waals surface area (Å²) in [7, 11) is 0. The molecule has 4 atom stereocenters. The van der Waals surface area contributed by atoms with Crippen molar-refractivity contribution in [3.05, 3.63) is 0 Å². The van der Waals surface area contributed by atoms with Crippen LogP contribution in [0.2, 0.25) is 0 Å². The summed E-state index contributed by atoms with van der Waals surface area (Å²) < 4.78 is 17.8. The Kier molecular flexibility index (Phi) is 3.17. The Labute approximate surface area is 70.5 Å². The van der Waals surface area contributed by atoms with E-state index in [4.69, 9.17) is 4.74 Å². The van der Waals surface area contributed by atoms with Gasteiger partial charge in [-0.3, -0.25) is 0 Å². The first kappa shape index (κ1) is 9.61. The first-order valence-corrected chi connectivity index (χ1v) is 4.09. The number of hydrogen-bond donors (Lipinski definition) is 1. The summed E-state index contributed by atoms with van der Waals surface area (Å²) >= 11 is 0. The van der Waals surface area contributed by atoms with E-state index >= 15 is 0 Å². The number of halogens is 1. The predicted molar refractivity (Wildman–Crippen MR) is 40.5 cm³/mol. The molecule has 0 radical (unpaired) electrons. The first-order chi connectivity index (χ1) is 5.70. The van der Waals surface area contributed by atoms with Crippen molar-refractivity contribution in [3.8, 4) is 0 Å². The molecule has 2 unspecified atom stereocenters. The molecule has 1 saturated heterocycles. The fraction of sp³-hybridized carbons (Fsp3) is 0.875. The lowest BCUT2D eigenvalue weighted by Gasteiger charge is -2.19. The van der Waals surface area contributed by atoms with Gasteiger partial charge in [0.15, 0.2) is 12.5 Å². The molecule has 1 rings (SSSR count). The van der Waals surface area contributed by atoms with Gasteiger partial charge < -0.3 is 14.6 Å². The smallest absolute Gasteiger partial charge is 0.163 e. The van der Waals surface area contributed by atoms with Crippen LogP contribution in [-0.2, 0) is 9.53 Å². The number of aliphatic hydroxyl groups excluding tert-OH is 1. The summed E-state index contributed by atoms with van der Waals surface area (Å²) in [6.45, 7) is 2.20. The Morgan fingerprint density at radius 3 is 2.75 bits per heavy atom. The summed E-state index contributed by atoms with van der Waals surface area (Å²) in [6.07, 6.45) is -1.98. The minimum atomic E-state index is -1.60. The second-order valence-corrected chi connectivity index (χ2v) is 3.01. The van der Waals surface area contributed by atoms with E-state index in [-0.39, 0.29) is 12.4 Å². The lowest BCUT2D eigenvalue weighted by molar-refractivity contribution is -0.116. The summed E-state index contributed by atoms with van der Waals surface area (Å²) in [5, 5.41) is 9.35. The molecule has 0 aliphatic carbocycles. The van der Waals surface area contributed by atoms with Crippen LogP contribution in [0.5, 0.6) is 0 Å². The van der Waals surface area contributed by atoms with Gasteiger partial charge in [-0.2, -0.15) is 0 Å². The Balaban J connectivity index is 2.52. The van der Waals surface area contributed by atoms with Crippen LogP contribution in [0, 0.1) is 5.92 Å². The third-order valence-electron chi connectivity index (χ3n) is 2.15. The van der Waals surface area contributed by atoms with Crippen LogP contribution in [0.25, 0.3) is 0 Å². The molecule has 70 valence electrons. The quantitative estimate of drug-likeness (QED) is 0.484. The zero-order valence-corrected chi connectivity index (χ0v) is 6.94. The topological polar surface area (TPSA) is 49.8 Å². The number of alkyl halides is 1. The number of rotatable bonds is 5. The number of aliphatic hydroxyl groups is 1. The van der Waals surface area contributed by atoms with Gasteiger partial charge in [-0.15, -0.1) is 0 Å². The molecule has 0 aromatic carbocycles. The van der Waals surface area contributed by atoms with E-state index in [1.54, 1.807) is 6.92 Å². The summed E-state index contributed by atoms with van der Waals surface area (Å²) in [6, 6.07) is 0. The fourth-order valence-corrected chi connectivity index (χ4v) is 1.31. The normalized spacial score (nSPS) is 29.1. The number of aldehydes is 1. The van der Waals surface area contributed by atoms with Crippen molar-refractivity contribution < 1.29 is 19.0 Å². The van der Waals surface area contributed by atoms with Crippen LogP contribution in [0.3, 0.4) is 0 Å². The second-order valence-electron chi connectivity index (χ2n) is 3.01. The molecule has 1 aliphatic rings. The van der Waals surface area contributed by atoms with Crippen molar-refractivity contribution >= 4 is 6.29 Å². The minimum absolute atomic E-state index is 0.227. The Bertz CT molecular complexity index is 158. The molecule has 3 nitrogen and oxygen atoms in total. The van der Waals surface area contributed by atoms with Crippen molar-refractivity contribution in [1.82, 2.24) is 0 Å². The zero-order valence-electron chi connectivity index (χ0n) is 6.94. The summed E-state index contributed by atoms with van der Waals surface area (Å²) in [5.41, 5.74) is 0. The fourth-order valence-electron chi connectivity index (χ4n) is 1.31. The Morgan fingerprint density at radius 1 is 1.83 bits per heavy atom. The van der Waals surface area contributed by atoms with Crippen molar-refractivity contribution in [1.29, 1.82) is 0 Å². The average Bonchev–Trinajstić information content (AvgIpc) is 2.88. The highest BCUT2D eigenvalue weighted by molar-refractivity contribution is 5.56. The minimum Gasteiger partial charge on any atom is -0.393 e. The summed E-state index contributed by atoms with van der Waals surface area (Å²) in [4.78, 5) is 10.2. The van der Waals surface area contributed by atoms with E-state index in [1.165, 1.54) is 0 Å². The average molecular weight is 176 g/mol. The molecule has 0 aromatic heterocycles. The number of ether oxygens (including phenoxy) is 1. The molecule has 0 bridgehead atoms. The summed E-state index contributed by atoms with van der Waals surface area (Å²) in [5.74, 6) is -0.674. The van der Waals surface area contributed by atoms with Gasteiger partial charge in [0.25, 0.3) is 0 Å². The largest absolute Gasteiger partial charge is 0.393 e. The highest BCUT2D eigenvalue weighted by Gasteiger charge is 2.42. The first-order valence-electron chi connectivity index (χ1n) is 4.09. The third kappa shape index (κ3) is 2.01. The molecule has 12 heavy (non-hydrogen) atoms. The monoisotopic (exact) mass is 176 g/mol. The van der Waals surface area contributed by atoms with Gasteiger partial charge >= 0.3 is 0 Å². The molecule has 4 heteroatoms. The van der Waals surface area contributed by atoms with Gasteiger partial charge in [0.1, 0.15) is 0 Å². The molecule has 1 aliphatic heterocycles. The van der Waals surface area contributed by atoms with Crippen LogP contribution in [-0.4, -0.2) is 36.4 Å². The van der Waals surface area contributed by atoms with Crippen molar-refractivity contribution in [2.45, 2.75) is 31.7 Å². The molecule has 1 heterocycles. The van der Waals surface area contributed by atoms with Gasteiger partial charge in [-0.05, 0) is 6.42 Å². The van der Waals surface area contributed by atoms with Gasteiger partial charge in [0.2, 0.25) is 0 Å². The van der Waals surface area contributed by atoms with E-state index in [9.17, 15) is 14.3 Å². The van der Waals surface area contributed by atoms with Gasteiger partial charge in [-0.1, -0.05) is 6.92 Å². The number of hydrogen-bond acceptors (Lipinski definition) is 3. The molecular weight excluding hydrogens is 163 g/mol. The Hall–Kier alpha value is -0.480. The van der Waals surface area contributed by atoms with E-state index < -0.39 is 18.2 Å². The molecule has 1 fully saturated rings. The third-order valence-corrected chi connectivity index (χ3v) is 2.15. The van der Waals surface area contributed by atoms with E-state index in [2.05, 4.69) is 0 Å². The van der Waals surface area contributed by atoms with E-state index in [1.807, 2.05) is 0 Å². The molecule has 0 saturated carbocycles.